The van der Waals surface area contributed by atoms with E-state index in [-0.39, 0.29) is 11.4 Å². The van der Waals surface area contributed by atoms with E-state index in [1.807, 2.05) is 24.3 Å². The minimum Gasteiger partial charge on any atom is -0.872 e. The monoisotopic (exact) mass is 317 g/mol. The standard InChI is InChI=1S/C14H10N2O3S2/c17-12-6-5-10(16(18)19)7-9(12)8-20-14-15-11-3-1-2-4-13(11)21-14/h1-7,17H,8H2/p-1. The molecule has 7 heteroatoms. The molecular weight excluding hydrogens is 308 g/mol. The van der Waals surface area contributed by atoms with Crippen LogP contribution in [0.5, 0.6) is 5.75 Å². The van der Waals surface area contributed by atoms with Crippen molar-refractivity contribution in [3.05, 3.63) is 58.1 Å². The first-order valence-electron chi connectivity index (χ1n) is 6.06. The second-order valence-electron chi connectivity index (χ2n) is 4.29. The zero-order valence-electron chi connectivity index (χ0n) is 10.7. The summed E-state index contributed by atoms with van der Waals surface area (Å²) < 4.78 is 1.93. The molecule has 0 aliphatic heterocycles. The van der Waals surface area contributed by atoms with Gasteiger partial charge in [-0.25, -0.2) is 4.98 Å². The average molecular weight is 317 g/mol. The fourth-order valence-corrected chi connectivity index (χ4v) is 3.89. The summed E-state index contributed by atoms with van der Waals surface area (Å²) in [6.07, 6.45) is 0. The number of nitro groups is 1. The van der Waals surface area contributed by atoms with Crippen LogP contribution in [0.4, 0.5) is 5.69 Å². The number of nitro benzene ring substituents is 1. The zero-order chi connectivity index (χ0) is 14.8. The Labute approximate surface area is 128 Å². The maximum Gasteiger partial charge on any atom is 0.269 e. The predicted molar refractivity (Wildman–Crippen MR) is 81.7 cm³/mol. The largest absolute Gasteiger partial charge is 0.872 e. The van der Waals surface area contributed by atoms with Gasteiger partial charge in [0.15, 0.2) is 4.34 Å². The molecule has 106 valence electrons. The summed E-state index contributed by atoms with van der Waals surface area (Å²) in [4.78, 5) is 14.7. The van der Waals surface area contributed by atoms with Gasteiger partial charge in [0.2, 0.25) is 0 Å². The summed E-state index contributed by atoms with van der Waals surface area (Å²) in [5.74, 6) is 0.189. The fourth-order valence-electron chi connectivity index (χ4n) is 1.84. The van der Waals surface area contributed by atoms with Crippen molar-refractivity contribution in [3.8, 4) is 5.75 Å². The molecule has 0 bridgehead atoms. The molecule has 0 radical (unpaired) electrons. The molecule has 0 spiro atoms. The molecule has 0 N–H and O–H groups in total. The van der Waals surface area contributed by atoms with E-state index in [4.69, 9.17) is 0 Å². The number of fused-ring (bicyclic) bond motifs is 1. The number of aromatic nitrogens is 1. The van der Waals surface area contributed by atoms with Gasteiger partial charge in [-0.15, -0.1) is 17.1 Å². The Morgan fingerprint density at radius 2 is 2.05 bits per heavy atom. The van der Waals surface area contributed by atoms with Gasteiger partial charge in [0.1, 0.15) is 0 Å². The van der Waals surface area contributed by atoms with Gasteiger partial charge in [-0.1, -0.05) is 30.0 Å². The van der Waals surface area contributed by atoms with Gasteiger partial charge in [-0.2, -0.15) is 0 Å². The Morgan fingerprint density at radius 1 is 1.24 bits per heavy atom. The van der Waals surface area contributed by atoms with E-state index in [1.165, 1.54) is 30.0 Å². The van der Waals surface area contributed by atoms with Gasteiger partial charge in [0.25, 0.3) is 5.69 Å². The Kier molecular flexibility index (Phi) is 3.76. The molecule has 5 nitrogen and oxygen atoms in total. The topological polar surface area (TPSA) is 79.1 Å². The van der Waals surface area contributed by atoms with Crippen LogP contribution in [0, 0.1) is 10.1 Å². The van der Waals surface area contributed by atoms with Crippen LogP contribution in [0.2, 0.25) is 0 Å². The van der Waals surface area contributed by atoms with E-state index in [9.17, 15) is 15.2 Å². The first-order valence-corrected chi connectivity index (χ1v) is 7.86. The molecule has 0 amide bonds. The lowest BCUT2D eigenvalue weighted by molar-refractivity contribution is -0.385. The second kappa shape index (κ2) is 5.71. The summed E-state index contributed by atoms with van der Waals surface area (Å²) >= 11 is 2.97. The van der Waals surface area contributed by atoms with Gasteiger partial charge in [-0.05, 0) is 17.7 Å². The van der Waals surface area contributed by atoms with Crippen molar-refractivity contribution in [2.45, 2.75) is 10.1 Å². The van der Waals surface area contributed by atoms with E-state index in [0.29, 0.717) is 11.3 Å². The van der Waals surface area contributed by atoms with Crippen LogP contribution < -0.4 is 5.11 Å². The Morgan fingerprint density at radius 3 is 2.81 bits per heavy atom. The van der Waals surface area contributed by atoms with Crippen LogP contribution in [0.3, 0.4) is 0 Å². The number of nitrogens with zero attached hydrogens (tertiary/aromatic N) is 2. The molecule has 3 rings (SSSR count). The fraction of sp³-hybridized carbons (Fsp3) is 0.0714. The molecule has 1 aromatic heterocycles. The number of hydrogen-bond donors (Lipinski definition) is 0. The highest BCUT2D eigenvalue weighted by atomic mass is 32.2. The maximum absolute atomic E-state index is 11.7. The van der Waals surface area contributed by atoms with Crippen molar-refractivity contribution in [2.75, 3.05) is 0 Å². The van der Waals surface area contributed by atoms with Crippen LogP contribution in [0.1, 0.15) is 5.56 Å². The Balaban J connectivity index is 1.80. The minimum absolute atomic E-state index is 0.0606. The quantitative estimate of drug-likeness (QED) is 0.417. The minimum atomic E-state index is -0.495. The van der Waals surface area contributed by atoms with Gasteiger partial charge in [0.05, 0.1) is 15.1 Å². The summed E-state index contributed by atoms with van der Waals surface area (Å²) in [6.45, 7) is 0. The number of rotatable bonds is 4. The van der Waals surface area contributed by atoms with Crippen LogP contribution in [0.25, 0.3) is 10.2 Å². The molecule has 0 saturated heterocycles. The lowest BCUT2D eigenvalue weighted by Crippen LogP contribution is -1.97. The third-order valence-electron chi connectivity index (χ3n) is 2.88. The maximum atomic E-state index is 11.7. The molecule has 0 unspecified atom stereocenters. The third kappa shape index (κ3) is 2.98. The third-order valence-corrected chi connectivity index (χ3v) is 5.11. The van der Waals surface area contributed by atoms with E-state index in [2.05, 4.69) is 4.98 Å². The van der Waals surface area contributed by atoms with Crippen LogP contribution in [-0.2, 0) is 5.75 Å². The summed E-state index contributed by atoms with van der Waals surface area (Å²) in [6, 6.07) is 11.6. The second-order valence-corrected chi connectivity index (χ2v) is 6.54. The molecule has 2 aromatic carbocycles. The number of benzene rings is 2. The summed E-state index contributed by atoms with van der Waals surface area (Å²) in [5, 5.41) is 22.5. The SMILES string of the molecule is O=[N+]([O-])c1ccc([O-])c(CSc2nc3ccccc3s2)c1. The lowest BCUT2D eigenvalue weighted by Gasteiger charge is -2.11. The molecule has 0 saturated carbocycles. The van der Waals surface area contributed by atoms with Crippen molar-refractivity contribution < 1.29 is 10.0 Å². The van der Waals surface area contributed by atoms with Gasteiger partial charge in [0, 0.05) is 17.9 Å². The Hall–Kier alpha value is -2.12. The molecule has 1 heterocycles. The number of thioether (sulfide) groups is 1. The van der Waals surface area contributed by atoms with E-state index < -0.39 is 4.92 Å². The zero-order valence-corrected chi connectivity index (χ0v) is 12.3. The van der Waals surface area contributed by atoms with Crippen LogP contribution in [0.15, 0.2) is 46.8 Å². The first-order chi connectivity index (χ1) is 10.1. The molecular formula is C14H9N2O3S2-. The highest BCUT2D eigenvalue weighted by Gasteiger charge is 2.09. The van der Waals surface area contributed by atoms with Gasteiger partial charge in [-0.3, -0.25) is 10.1 Å². The number of non-ortho nitro benzene ring substituents is 1. The van der Waals surface area contributed by atoms with Crippen LogP contribution in [-0.4, -0.2) is 9.91 Å². The number of thiazole rings is 1. The highest BCUT2D eigenvalue weighted by Crippen LogP contribution is 2.33. The van der Waals surface area contributed by atoms with Crippen LogP contribution >= 0.6 is 23.1 Å². The van der Waals surface area contributed by atoms with Crippen molar-refractivity contribution in [1.29, 1.82) is 0 Å². The highest BCUT2D eigenvalue weighted by molar-refractivity contribution is 8.00. The summed E-state index contributed by atoms with van der Waals surface area (Å²) in [7, 11) is 0. The lowest BCUT2D eigenvalue weighted by atomic mass is 10.2. The molecule has 0 atom stereocenters. The first kappa shape index (κ1) is 13.8. The average Bonchev–Trinajstić information content (AvgIpc) is 2.89. The molecule has 3 aromatic rings. The van der Waals surface area contributed by atoms with E-state index in [0.717, 1.165) is 14.6 Å². The number of para-hydroxylation sites is 1. The molecule has 0 aliphatic rings. The number of hydrogen-bond acceptors (Lipinski definition) is 6. The molecule has 21 heavy (non-hydrogen) atoms. The van der Waals surface area contributed by atoms with E-state index >= 15 is 0 Å². The van der Waals surface area contributed by atoms with Crippen molar-refractivity contribution in [3.63, 3.8) is 0 Å². The molecule has 0 fully saturated rings. The smallest absolute Gasteiger partial charge is 0.269 e. The van der Waals surface area contributed by atoms with Crippen molar-refractivity contribution >= 4 is 39.0 Å². The van der Waals surface area contributed by atoms with E-state index in [1.54, 1.807) is 11.3 Å². The normalized spacial score (nSPS) is 10.9. The predicted octanol–water partition coefficient (Wildman–Crippen LogP) is 3.57. The van der Waals surface area contributed by atoms with Crippen molar-refractivity contribution in [2.24, 2.45) is 0 Å². The Bertz CT molecular complexity index is 784. The molecule has 0 aliphatic carbocycles. The van der Waals surface area contributed by atoms with Gasteiger partial charge < -0.3 is 5.11 Å². The van der Waals surface area contributed by atoms with Crippen molar-refractivity contribution in [1.82, 2.24) is 4.98 Å². The van der Waals surface area contributed by atoms with Gasteiger partial charge >= 0.3 is 0 Å². The summed E-state index contributed by atoms with van der Waals surface area (Å²) in [5.41, 5.74) is 1.29.